The van der Waals surface area contributed by atoms with E-state index in [1.807, 2.05) is 0 Å². The molecule has 1 aliphatic heterocycles. The zero-order chi connectivity index (χ0) is 18.5. The summed E-state index contributed by atoms with van der Waals surface area (Å²) < 4.78 is 0. The summed E-state index contributed by atoms with van der Waals surface area (Å²) in [4.78, 5) is 24.8. The van der Waals surface area contributed by atoms with Gasteiger partial charge in [0.15, 0.2) is 0 Å². The number of rotatable bonds is 4. The van der Waals surface area contributed by atoms with Gasteiger partial charge in [-0.25, -0.2) is 0 Å². The van der Waals surface area contributed by atoms with Crippen LogP contribution in [-0.2, 0) is 4.79 Å². The molecule has 1 aliphatic carbocycles. The first kappa shape index (κ1) is 18.2. The van der Waals surface area contributed by atoms with Gasteiger partial charge in [0.1, 0.15) is 6.07 Å². The minimum absolute atomic E-state index is 0.0695. The molecule has 1 saturated heterocycles. The van der Waals surface area contributed by atoms with Crippen molar-refractivity contribution in [1.29, 1.82) is 5.26 Å². The molecule has 1 aromatic rings. The fourth-order valence-electron chi connectivity index (χ4n) is 3.95. The number of nitrogens with one attached hydrogen (secondary N) is 1. The van der Waals surface area contributed by atoms with Crippen molar-refractivity contribution in [3.05, 3.63) is 33.9 Å². The third-order valence-corrected chi connectivity index (χ3v) is 5.47. The van der Waals surface area contributed by atoms with Crippen LogP contribution in [0.15, 0.2) is 18.2 Å². The maximum absolute atomic E-state index is 12.4. The number of carbonyl (C=O) groups is 1. The molecule has 7 nitrogen and oxygen atoms in total. The van der Waals surface area contributed by atoms with E-state index in [-0.39, 0.29) is 23.6 Å². The smallest absolute Gasteiger partial charge is 0.270 e. The Morgan fingerprint density at radius 2 is 1.88 bits per heavy atom. The Morgan fingerprint density at radius 3 is 2.50 bits per heavy atom. The number of non-ortho nitro benzene ring substituents is 1. The lowest BCUT2D eigenvalue weighted by atomic mass is 9.88. The molecule has 0 spiro atoms. The highest BCUT2D eigenvalue weighted by Gasteiger charge is 2.27. The lowest BCUT2D eigenvalue weighted by molar-refractivity contribution is -0.384. The van der Waals surface area contributed by atoms with Crippen molar-refractivity contribution >= 4 is 17.3 Å². The minimum atomic E-state index is -0.488. The summed E-state index contributed by atoms with van der Waals surface area (Å²) in [5, 5.41) is 23.4. The Kier molecular flexibility index (Phi) is 5.71. The van der Waals surface area contributed by atoms with Crippen molar-refractivity contribution < 1.29 is 9.72 Å². The van der Waals surface area contributed by atoms with Gasteiger partial charge in [-0.1, -0.05) is 19.3 Å². The monoisotopic (exact) mass is 356 g/mol. The summed E-state index contributed by atoms with van der Waals surface area (Å²) in [6.45, 7) is 1.45. The summed E-state index contributed by atoms with van der Waals surface area (Å²) >= 11 is 0. The molecule has 1 saturated carbocycles. The number of hydrogen-bond donors (Lipinski definition) is 1. The van der Waals surface area contributed by atoms with E-state index in [2.05, 4.69) is 16.3 Å². The van der Waals surface area contributed by atoms with Gasteiger partial charge in [-0.15, -0.1) is 0 Å². The highest BCUT2D eigenvalue weighted by atomic mass is 16.6. The van der Waals surface area contributed by atoms with E-state index in [9.17, 15) is 20.2 Å². The summed E-state index contributed by atoms with van der Waals surface area (Å²) in [5.41, 5.74) is 0.985. The molecule has 1 aromatic carbocycles. The van der Waals surface area contributed by atoms with E-state index >= 15 is 0 Å². The van der Waals surface area contributed by atoms with Gasteiger partial charge in [-0.2, -0.15) is 5.26 Å². The van der Waals surface area contributed by atoms with Crippen LogP contribution in [0.2, 0.25) is 0 Å². The van der Waals surface area contributed by atoms with Crippen LogP contribution in [-0.4, -0.2) is 30.0 Å². The van der Waals surface area contributed by atoms with Crippen molar-refractivity contribution in [2.24, 2.45) is 5.92 Å². The van der Waals surface area contributed by atoms with Gasteiger partial charge in [-0.3, -0.25) is 14.9 Å². The number of nitro groups is 1. The van der Waals surface area contributed by atoms with Gasteiger partial charge in [0.2, 0.25) is 5.91 Å². The fraction of sp³-hybridized carbons (Fsp3) is 0.579. The third-order valence-electron chi connectivity index (χ3n) is 5.47. The van der Waals surface area contributed by atoms with Crippen LogP contribution in [0, 0.1) is 27.4 Å². The van der Waals surface area contributed by atoms with Crippen molar-refractivity contribution in [3.8, 4) is 6.07 Å². The van der Waals surface area contributed by atoms with Crippen molar-refractivity contribution in [2.45, 2.75) is 51.0 Å². The highest BCUT2D eigenvalue weighted by molar-refractivity contribution is 5.79. The summed E-state index contributed by atoms with van der Waals surface area (Å²) in [5.74, 6) is 0.359. The van der Waals surface area contributed by atoms with Crippen LogP contribution in [0.5, 0.6) is 0 Å². The maximum atomic E-state index is 12.4. The van der Waals surface area contributed by atoms with E-state index in [0.29, 0.717) is 5.56 Å². The van der Waals surface area contributed by atoms with Gasteiger partial charge < -0.3 is 10.2 Å². The number of piperidine rings is 1. The van der Waals surface area contributed by atoms with Crippen LogP contribution in [0.3, 0.4) is 0 Å². The number of nitro benzene ring substituents is 1. The average molecular weight is 356 g/mol. The standard InChI is InChI=1S/C19H24N4O3/c20-13-15-12-17(23(25)26)6-7-18(15)22-10-8-16(9-11-22)21-19(24)14-4-2-1-3-5-14/h6-7,12,14,16H,1-5,8-11H2,(H,21,24). The van der Waals surface area contributed by atoms with Gasteiger partial charge >= 0.3 is 0 Å². The van der Waals surface area contributed by atoms with E-state index in [1.165, 1.54) is 18.6 Å². The number of amides is 1. The van der Waals surface area contributed by atoms with E-state index < -0.39 is 4.92 Å². The molecule has 2 fully saturated rings. The van der Waals surface area contributed by atoms with E-state index in [0.717, 1.165) is 57.3 Å². The zero-order valence-electron chi connectivity index (χ0n) is 14.8. The molecule has 1 N–H and O–H groups in total. The molecule has 0 bridgehead atoms. The highest BCUT2D eigenvalue weighted by Crippen LogP contribution is 2.28. The summed E-state index contributed by atoms with van der Waals surface area (Å²) in [6.07, 6.45) is 7.17. The molecular formula is C19H24N4O3. The summed E-state index contributed by atoms with van der Waals surface area (Å²) in [7, 11) is 0. The number of nitriles is 1. The van der Waals surface area contributed by atoms with Crippen molar-refractivity contribution in [3.63, 3.8) is 0 Å². The zero-order valence-corrected chi connectivity index (χ0v) is 14.8. The van der Waals surface area contributed by atoms with E-state index in [1.54, 1.807) is 6.07 Å². The molecule has 0 unspecified atom stereocenters. The first-order chi connectivity index (χ1) is 12.6. The molecule has 3 rings (SSSR count). The van der Waals surface area contributed by atoms with Crippen LogP contribution < -0.4 is 10.2 Å². The first-order valence-electron chi connectivity index (χ1n) is 9.32. The number of nitrogens with zero attached hydrogens (tertiary/aromatic N) is 3. The fourth-order valence-corrected chi connectivity index (χ4v) is 3.95. The number of hydrogen-bond acceptors (Lipinski definition) is 5. The van der Waals surface area contributed by atoms with Crippen molar-refractivity contribution in [2.75, 3.05) is 18.0 Å². The predicted octanol–water partition coefficient (Wildman–Crippen LogP) is 3.13. The predicted molar refractivity (Wildman–Crippen MR) is 97.8 cm³/mol. The number of benzene rings is 1. The minimum Gasteiger partial charge on any atom is -0.370 e. The molecule has 0 aromatic heterocycles. The lowest BCUT2D eigenvalue weighted by Crippen LogP contribution is -2.46. The first-order valence-corrected chi connectivity index (χ1v) is 9.32. The Bertz CT molecular complexity index is 714. The Balaban J connectivity index is 1.57. The molecule has 2 aliphatic rings. The molecular weight excluding hydrogens is 332 g/mol. The van der Waals surface area contributed by atoms with Gasteiger partial charge in [0, 0.05) is 37.2 Å². The molecule has 0 atom stereocenters. The Morgan fingerprint density at radius 1 is 1.19 bits per heavy atom. The number of carbonyl (C=O) groups excluding carboxylic acids is 1. The Hall–Kier alpha value is -2.62. The van der Waals surface area contributed by atoms with Crippen LogP contribution in [0.1, 0.15) is 50.5 Å². The number of anilines is 1. The SMILES string of the molecule is N#Cc1cc([N+](=O)[O-])ccc1N1CCC(NC(=O)C2CCCCC2)CC1. The summed E-state index contributed by atoms with van der Waals surface area (Å²) in [6, 6.07) is 6.64. The molecule has 138 valence electrons. The maximum Gasteiger partial charge on any atom is 0.270 e. The second-order valence-corrected chi connectivity index (χ2v) is 7.18. The lowest BCUT2D eigenvalue weighted by Gasteiger charge is -2.35. The average Bonchev–Trinajstić information content (AvgIpc) is 2.68. The third kappa shape index (κ3) is 4.13. The second kappa shape index (κ2) is 8.17. The molecule has 1 amide bonds. The molecule has 26 heavy (non-hydrogen) atoms. The van der Waals surface area contributed by atoms with Crippen LogP contribution >= 0.6 is 0 Å². The molecule has 0 radical (unpaired) electrons. The van der Waals surface area contributed by atoms with Crippen LogP contribution in [0.25, 0.3) is 0 Å². The van der Waals surface area contributed by atoms with E-state index in [4.69, 9.17) is 0 Å². The van der Waals surface area contributed by atoms with Crippen LogP contribution in [0.4, 0.5) is 11.4 Å². The van der Waals surface area contributed by atoms with Crippen molar-refractivity contribution in [1.82, 2.24) is 5.32 Å². The Labute approximate surface area is 153 Å². The largest absolute Gasteiger partial charge is 0.370 e. The van der Waals surface area contributed by atoms with Gasteiger partial charge in [0.05, 0.1) is 16.2 Å². The molecule has 1 heterocycles. The van der Waals surface area contributed by atoms with Gasteiger partial charge in [-0.05, 0) is 31.7 Å². The molecule has 7 heteroatoms. The normalized spacial score (nSPS) is 19.0. The second-order valence-electron chi connectivity index (χ2n) is 7.18. The van der Waals surface area contributed by atoms with Gasteiger partial charge in [0.25, 0.3) is 5.69 Å². The quantitative estimate of drug-likeness (QED) is 0.660. The topological polar surface area (TPSA) is 99.3 Å².